The molecule has 0 saturated carbocycles. The molecule has 0 bridgehead atoms. The molecule has 1 fully saturated rings. The van der Waals surface area contributed by atoms with Crippen LogP contribution in [0.15, 0.2) is 56.6 Å². The molecule has 2 heterocycles. The standard InChI is InChI=1S/C21H21FN2O5S/c1-14-18(25)7-6-16-15(12-20(26)29-21(14)16)13-23-8-10-24(11-9-23)30(27,28)19-5-3-2-4-17(19)22/h2-7,12,25H,8-11,13H2,1H3. The third-order valence-corrected chi connectivity index (χ3v) is 7.33. The summed E-state index contributed by atoms with van der Waals surface area (Å²) in [6.45, 7) is 3.42. The maximum Gasteiger partial charge on any atom is 0.336 e. The minimum absolute atomic E-state index is 0.0507. The highest BCUT2D eigenvalue weighted by atomic mass is 32.2. The van der Waals surface area contributed by atoms with Crippen molar-refractivity contribution in [1.29, 1.82) is 0 Å². The maximum atomic E-state index is 14.0. The quantitative estimate of drug-likeness (QED) is 0.637. The Morgan fingerprint density at radius 3 is 2.50 bits per heavy atom. The predicted octanol–water partition coefficient (Wildman–Crippen LogP) is 2.45. The molecule has 7 nitrogen and oxygen atoms in total. The molecule has 0 radical (unpaired) electrons. The first-order chi connectivity index (χ1) is 14.3. The van der Waals surface area contributed by atoms with Crippen molar-refractivity contribution in [1.82, 2.24) is 9.21 Å². The van der Waals surface area contributed by atoms with Crippen LogP contribution in [0, 0.1) is 12.7 Å². The van der Waals surface area contributed by atoms with Crippen LogP contribution in [0.3, 0.4) is 0 Å². The van der Waals surface area contributed by atoms with Crippen molar-refractivity contribution in [3.05, 3.63) is 69.8 Å². The van der Waals surface area contributed by atoms with Gasteiger partial charge in [0.1, 0.15) is 22.0 Å². The fraction of sp³-hybridized carbons (Fsp3) is 0.286. The Morgan fingerprint density at radius 1 is 1.10 bits per heavy atom. The van der Waals surface area contributed by atoms with E-state index in [1.807, 2.05) is 4.90 Å². The first-order valence-corrected chi connectivity index (χ1v) is 10.9. The molecule has 4 rings (SSSR count). The van der Waals surface area contributed by atoms with Gasteiger partial charge in [-0.1, -0.05) is 12.1 Å². The van der Waals surface area contributed by atoms with Crippen molar-refractivity contribution in [3.63, 3.8) is 0 Å². The van der Waals surface area contributed by atoms with Crippen LogP contribution in [-0.2, 0) is 16.6 Å². The zero-order valence-corrected chi connectivity index (χ0v) is 17.2. The number of fused-ring (bicyclic) bond motifs is 1. The molecule has 3 aromatic rings. The fourth-order valence-electron chi connectivity index (χ4n) is 3.71. The number of hydrogen-bond acceptors (Lipinski definition) is 6. The summed E-state index contributed by atoms with van der Waals surface area (Å²) in [5.41, 5.74) is 1.08. The first-order valence-electron chi connectivity index (χ1n) is 9.50. The monoisotopic (exact) mass is 432 g/mol. The fourth-order valence-corrected chi connectivity index (χ4v) is 5.20. The van der Waals surface area contributed by atoms with E-state index < -0.39 is 21.5 Å². The van der Waals surface area contributed by atoms with Crippen LogP contribution in [0.5, 0.6) is 5.75 Å². The smallest absolute Gasteiger partial charge is 0.336 e. The summed E-state index contributed by atoms with van der Waals surface area (Å²) in [5, 5.41) is 10.6. The Kier molecular flexibility index (Phi) is 5.35. The number of nitrogens with zero attached hydrogens (tertiary/aromatic N) is 2. The molecule has 158 valence electrons. The second kappa shape index (κ2) is 7.82. The van der Waals surface area contributed by atoms with E-state index >= 15 is 0 Å². The van der Waals surface area contributed by atoms with Gasteiger partial charge in [0.25, 0.3) is 0 Å². The van der Waals surface area contributed by atoms with E-state index in [0.717, 1.165) is 17.0 Å². The largest absolute Gasteiger partial charge is 0.508 e. The molecule has 0 spiro atoms. The van der Waals surface area contributed by atoms with Crippen molar-refractivity contribution in [2.75, 3.05) is 26.2 Å². The molecule has 0 amide bonds. The summed E-state index contributed by atoms with van der Waals surface area (Å²) in [5.74, 6) is -0.712. The second-order valence-electron chi connectivity index (χ2n) is 7.29. The minimum atomic E-state index is -3.90. The molecule has 9 heteroatoms. The first kappa shape index (κ1) is 20.5. The summed E-state index contributed by atoms with van der Waals surface area (Å²) >= 11 is 0. The van der Waals surface area contributed by atoms with Crippen LogP contribution in [0.2, 0.25) is 0 Å². The number of phenolic OH excluding ortho intramolecular Hbond substituents is 1. The van der Waals surface area contributed by atoms with Gasteiger partial charge in [0.05, 0.1) is 0 Å². The van der Waals surface area contributed by atoms with Crippen LogP contribution in [-0.4, -0.2) is 48.9 Å². The van der Waals surface area contributed by atoms with Gasteiger partial charge in [-0.25, -0.2) is 17.6 Å². The van der Waals surface area contributed by atoms with Crippen molar-refractivity contribution in [2.24, 2.45) is 0 Å². The van der Waals surface area contributed by atoms with Crippen LogP contribution < -0.4 is 5.63 Å². The van der Waals surface area contributed by atoms with Crippen molar-refractivity contribution in [2.45, 2.75) is 18.4 Å². The number of rotatable bonds is 4. The molecule has 30 heavy (non-hydrogen) atoms. The van der Waals surface area contributed by atoms with Crippen LogP contribution in [0.1, 0.15) is 11.1 Å². The van der Waals surface area contributed by atoms with E-state index in [9.17, 15) is 22.7 Å². The molecule has 0 aliphatic carbocycles. The normalized spacial score (nSPS) is 16.2. The number of sulfonamides is 1. The maximum absolute atomic E-state index is 14.0. The minimum Gasteiger partial charge on any atom is -0.508 e. The number of aryl methyl sites for hydroxylation is 1. The lowest BCUT2D eigenvalue weighted by Crippen LogP contribution is -2.48. The summed E-state index contributed by atoms with van der Waals surface area (Å²) in [6, 6.07) is 10.0. The van der Waals surface area contributed by atoms with E-state index in [-0.39, 0.29) is 23.7 Å². The molecular weight excluding hydrogens is 411 g/mol. The Labute approximate surface area is 173 Å². The van der Waals surface area contributed by atoms with Gasteiger partial charge in [0.15, 0.2) is 0 Å². The number of phenols is 1. The average molecular weight is 432 g/mol. The second-order valence-corrected chi connectivity index (χ2v) is 9.19. The van der Waals surface area contributed by atoms with Gasteiger partial charge in [-0.15, -0.1) is 0 Å². The highest BCUT2D eigenvalue weighted by Crippen LogP contribution is 2.28. The predicted molar refractivity (Wildman–Crippen MR) is 109 cm³/mol. The van der Waals surface area contributed by atoms with E-state index in [1.165, 1.54) is 28.6 Å². The zero-order chi connectivity index (χ0) is 21.5. The van der Waals surface area contributed by atoms with Gasteiger partial charge in [-0.2, -0.15) is 4.31 Å². The molecule has 1 aromatic heterocycles. The number of benzene rings is 2. The highest BCUT2D eigenvalue weighted by molar-refractivity contribution is 7.89. The van der Waals surface area contributed by atoms with Crippen molar-refractivity contribution >= 4 is 21.0 Å². The number of halogens is 1. The van der Waals surface area contributed by atoms with E-state index in [0.29, 0.717) is 30.8 Å². The third kappa shape index (κ3) is 3.71. The lowest BCUT2D eigenvalue weighted by atomic mass is 10.1. The van der Waals surface area contributed by atoms with Gasteiger partial charge in [-0.3, -0.25) is 4.90 Å². The Balaban J connectivity index is 1.53. The summed E-state index contributed by atoms with van der Waals surface area (Å²) in [4.78, 5) is 13.7. The molecule has 0 atom stereocenters. The van der Waals surface area contributed by atoms with Gasteiger partial charge >= 0.3 is 5.63 Å². The average Bonchev–Trinajstić information content (AvgIpc) is 2.71. The van der Waals surface area contributed by atoms with Gasteiger partial charge in [0, 0.05) is 49.7 Å². The van der Waals surface area contributed by atoms with E-state index in [1.54, 1.807) is 19.1 Å². The topological polar surface area (TPSA) is 91.1 Å². The lowest BCUT2D eigenvalue weighted by Gasteiger charge is -2.34. The number of hydrogen-bond donors (Lipinski definition) is 1. The van der Waals surface area contributed by atoms with Gasteiger partial charge < -0.3 is 9.52 Å². The summed E-state index contributed by atoms with van der Waals surface area (Å²) in [7, 11) is -3.90. The van der Waals surface area contributed by atoms with Crippen molar-refractivity contribution < 1.29 is 22.3 Å². The summed E-state index contributed by atoms with van der Waals surface area (Å²) in [6.07, 6.45) is 0. The molecular formula is C21H21FN2O5S. The Morgan fingerprint density at radius 2 is 1.80 bits per heavy atom. The zero-order valence-electron chi connectivity index (χ0n) is 16.3. The Bertz CT molecular complexity index is 1260. The van der Waals surface area contributed by atoms with Crippen LogP contribution >= 0.6 is 0 Å². The van der Waals surface area contributed by atoms with Crippen LogP contribution in [0.4, 0.5) is 4.39 Å². The number of aromatic hydroxyl groups is 1. The molecule has 1 aliphatic rings. The lowest BCUT2D eigenvalue weighted by molar-refractivity contribution is 0.181. The SMILES string of the molecule is Cc1c(O)ccc2c(CN3CCN(S(=O)(=O)c4ccccc4F)CC3)cc(=O)oc12. The molecule has 0 unspecified atom stereocenters. The van der Waals surface area contributed by atoms with Gasteiger partial charge in [0.2, 0.25) is 10.0 Å². The molecule has 1 aliphatic heterocycles. The molecule has 1 N–H and O–H groups in total. The highest BCUT2D eigenvalue weighted by Gasteiger charge is 2.30. The summed E-state index contributed by atoms with van der Waals surface area (Å²) < 4.78 is 46.0. The third-order valence-electron chi connectivity index (χ3n) is 5.40. The van der Waals surface area contributed by atoms with E-state index in [4.69, 9.17) is 4.42 Å². The molecule has 2 aromatic carbocycles. The van der Waals surface area contributed by atoms with Crippen molar-refractivity contribution in [3.8, 4) is 5.75 Å². The van der Waals surface area contributed by atoms with E-state index in [2.05, 4.69) is 0 Å². The Hall–Kier alpha value is -2.75. The van der Waals surface area contributed by atoms with Crippen LogP contribution in [0.25, 0.3) is 11.0 Å². The van der Waals surface area contributed by atoms with Gasteiger partial charge in [-0.05, 0) is 36.8 Å². The molecule has 1 saturated heterocycles. The number of piperazine rings is 1.